The summed E-state index contributed by atoms with van der Waals surface area (Å²) < 4.78 is 7.13. The average molecular weight is 524 g/mol. The highest BCUT2D eigenvalue weighted by atomic mass is 35.5. The molecular weight excluding hydrogens is 493 g/mol. The van der Waals surface area contributed by atoms with Crippen LogP contribution in [0.15, 0.2) is 44.7 Å². The van der Waals surface area contributed by atoms with Gasteiger partial charge in [-0.3, -0.25) is 14.6 Å². The molecule has 1 amide bonds. The number of allylic oxidation sites excluding steroid dienone is 2. The molecule has 0 bridgehead atoms. The van der Waals surface area contributed by atoms with E-state index in [0.717, 1.165) is 10.3 Å². The third kappa shape index (κ3) is 7.06. The van der Waals surface area contributed by atoms with Crippen LogP contribution in [-0.4, -0.2) is 46.7 Å². The summed E-state index contributed by atoms with van der Waals surface area (Å²) in [7, 11) is 5.13. The Morgan fingerprint density at radius 1 is 1.26 bits per heavy atom. The van der Waals surface area contributed by atoms with Crippen molar-refractivity contribution in [3.63, 3.8) is 0 Å². The lowest BCUT2D eigenvalue weighted by molar-refractivity contribution is -0.117. The van der Waals surface area contributed by atoms with Crippen LogP contribution in [0.2, 0.25) is 10.0 Å². The van der Waals surface area contributed by atoms with Gasteiger partial charge in [0.2, 0.25) is 5.91 Å². The lowest BCUT2D eigenvalue weighted by Crippen LogP contribution is -2.35. The zero-order chi connectivity index (χ0) is 26.4. The Bertz CT molecular complexity index is 1250. The predicted molar refractivity (Wildman–Crippen MR) is 138 cm³/mol. The SMILES string of the molecule is CC/C(C)=C(/C=C(\C(=O)NC)C(C)C)Oc1c(Cl)cc(-n2nc(CN(C)C)c(=O)[nH]c2=O)cc1Cl. The summed E-state index contributed by atoms with van der Waals surface area (Å²) >= 11 is 13.0. The van der Waals surface area contributed by atoms with Crippen molar-refractivity contribution < 1.29 is 9.53 Å². The first-order valence-electron chi connectivity index (χ1n) is 11.1. The molecule has 190 valence electrons. The molecule has 0 aliphatic carbocycles. The second kappa shape index (κ2) is 12.2. The van der Waals surface area contributed by atoms with Crippen LogP contribution >= 0.6 is 23.2 Å². The predicted octanol–water partition coefficient (Wildman–Crippen LogP) is 3.68. The van der Waals surface area contributed by atoms with E-state index < -0.39 is 11.2 Å². The van der Waals surface area contributed by atoms with Crippen LogP contribution in [0, 0.1) is 5.92 Å². The number of aromatic nitrogens is 3. The fraction of sp³-hybridized carbons (Fsp3) is 0.417. The summed E-state index contributed by atoms with van der Waals surface area (Å²) in [4.78, 5) is 40.9. The van der Waals surface area contributed by atoms with Gasteiger partial charge in [-0.05, 0) is 57.1 Å². The third-order valence-corrected chi connectivity index (χ3v) is 5.71. The van der Waals surface area contributed by atoms with Gasteiger partial charge < -0.3 is 15.0 Å². The molecule has 0 unspecified atom stereocenters. The van der Waals surface area contributed by atoms with Gasteiger partial charge in [0.1, 0.15) is 11.5 Å². The molecule has 1 aromatic heterocycles. The lowest BCUT2D eigenvalue weighted by atomic mass is 10.0. The van der Waals surface area contributed by atoms with Crippen molar-refractivity contribution in [2.45, 2.75) is 40.7 Å². The van der Waals surface area contributed by atoms with Gasteiger partial charge in [0.25, 0.3) is 5.56 Å². The van der Waals surface area contributed by atoms with Gasteiger partial charge in [0.15, 0.2) is 5.75 Å². The highest BCUT2D eigenvalue weighted by molar-refractivity contribution is 6.37. The van der Waals surface area contributed by atoms with Crippen LogP contribution in [0.4, 0.5) is 0 Å². The van der Waals surface area contributed by atoms with Crippen LogP contribution in [0.3, 0.4) is 0 Å². The minimum atomic E-state index is -0.726. The second-order valence-electron chi connectivity index (χ2n) is 8.53. The van der Waals surface area contributed by atoms with Crippen molar-refractivity contribution in [3.8, 4) is 11.4 Å². The molecule has 35 heavy (non-hydrogen) atoms. The number of aromatic amines is 1. The molecule has 0 atom stereocenters. The Labute approximate surface area is 214 Å². The van der Waals surface area contributed by atoms with E-state index >= 15 is 0 Å². The molecule has 2 rings (SSSR count). The number of nitrogens with zero attached hydrogens (tertiary/aromatic N) is 3. The number of ether oxygens (including phenoxy) is 1. The number of carbonyl (C=O) groups excluding carboxylic acids is 1. The first-order chi connectivity index (χ1) is 16.4. The van der Waals surface area contributed by atoms with Gasteiger partial charge in [-0.25, -0.2) is 4.79 Å². The maximum atomic E-state index is 12.4. The maximum Gasteiger partial charge on any atom is 0.349 e. The van der Waals surface area contributed by atoms with Crippen molar-refractivity contribution in [2.24, 2.45) is 5.92 Å². The van der Waals surface area contributed by atoms with Crippen molar-refractivity contribution in [2.75, 3.05) is 21.1 Å². The molecule has 11 heteroatoms. The van der Waals surface area contributed by atoms with Gasteiger partial charge in [-0.1, -0.05) is 44.0 Å². The molecule has 0 saturated heterocycles. The Morgan fingerprint density at radius 3 is 2.34 bits per heavy atom. The molecule has 2 N–H and O–H groups in total. The fourth-order valence-corrected chi connectivity index (χ4v) is 3.63. The largest absolute Gasteiger partial charge is 0.454 e. The molecule has 2 aromatic rings. The molecule has 0 spiro atoms. The van der Waals surface area contributed by atoms with E-state index in [9.17, 15) is 14.4 Å². The van der Waals surface area contributed by atoms with Gasteiger partial charge in [0, 0.05) is 19.2 Å². The highest BCUT2D eigenvalue weighted by Gasteiger charge is 2.19. The van der Waals surface area contributed by atoms with Crippen molar-refractivity contribution in [1.29, 1.82) is 0 Å². The van der Waals surface area contributed by atoms with Crippen LogP contribution < -0.4 is 21.3 Å². The molecule has 0 saturated carbocycles. The number of hydrogen-bond acceptors (Lipinski definition) is 6. The smallest absolute Gasteiger partial charge is 0.349 e. The van der Waals surface area contributed by atoms with E-state index in [1.54, 1.807) is 32.1 Å². The van der Waals surface area contributed by atoms with Crippen molar-refractivity contribution in [3.05, 3.63) is 71.7 Å². The van der Waals surface area contributed by atoms with Crippen molar-refractivity contribution in [1.82, 2.24) is 25.0 Å². The summed E-state index contributed by atoms with van der Waals surface area (Å²) in [6.45, 7) is 7.91. The number of H-pyrrole nitrogens is 1. The molecule has 0 aliphatic rings. The molecule has 0 radical (unpaired) electrons. The monoisotopic (exact) mass is 523 g/mol. The zero-order valence-corrected chi connectivity index (χ0v) is 22.5. The topological polar surface area (TPSA) is 109 Å². The Morgan fingerprint density at radius 2 is 1.86 bits per heavy atom. The molecule has 1 aromatic carbocycles. The minimum absolute atomic E-state index is 0.0546. The Hall–Kier alpha value is -2.88. The first-order valence-corrected chi connectivity index (χ1v) is 11.8. The minimum Gasteiger partial charge on any atom is -0.454 e. The number of carbonyl (C=O) groups is 1. The molecule has 1 heterocycles. The normalized spacial score (nSPS) is 12.7. The van der Waals surface area contributed by atoms with E-state index in [1.807, 2.05) is 27.7 Å². The maximum absolute atomic E-state index is 12.4. The van der Waals surface area contributed by atoms with Gasteiger partial charge in [-0.15, -0.1) is 0 Å². The van der Waals surface area contributed by atoms with Crippen LogP contribution in [0.25, 0.3) is 5.69 Å². The highest BCUT2D eigenvalue weighted by Crippen LogP contribution is 2.37. The van der Waals surface area contributed by atoms with E-state index in [-0.39, 0.29) is 45.5 Å². The summed E-state index contributed by atoms with van der Waals surface area (Å²) in [6, 6.07) is 2.94. The number of halogens is 2. The van der Waals surface area contributed by atoms with E-state index in [0.29, 0.717) is 17.8 Å². The van der Waals surface area contributed by atoms with Crippen LogP contribution in [0.1, 0.15) is 39.8 Å². The molecular formula is C24H31Cl2N5O4. The van der Waals surface area contributed by atoms with Gasteiger partial charge in [0.05, 0.1) is 15.7 Å². The number of rotatable bonds is 9. The molecule has 0 fully saturated rings. The second-order valence-corrected chi connectivity index (χ2v) is 9.34. The summed E-state index contributed by atoms with van der Waals surface area (Å²) in [5, 5.41) is 7.08. The fourth-order valence-electron chi connectivity index (χ4n) is 3.08. The standard InChI is InChI=1S/C24H31Cl2N5O4/c1-8-14(4)20(11-16(13(2)3)22(32)27-5)35-21-17(25)9-15(10-18(21)26)31-24(34)28-23(33)19(29-31)12-30(6)7/h9-11,13H,8,12H2,1-7H3,(H,27,32)(H,28,33,34)/b16-11-,20-14-. The van der Waals surface area contributed by atoms with Gasteiger partial charge in [-0.2, -0.15) is 9.78 Å². The Kier molecular flexibility index (Phi) is 9.88. The quantitative estimate of drug-likeness (QED) is 0.294. The van der Waals surface area contributed by atoms with E-state index in [1.165, 1.54) is 12.1 Å². The van der Waals surface area contributed by atoms with Crippen LogP contribution in [0.5, 0.6) is 5.75 Å². The lowest BCUT2D eigenvalue weighted by Gasteiger charge is -2.17. The summed E-state index contributed by atoms with van der Waals surface area (Å²) in [5.74, 6) is 0.349. The Balaban J connectivity index is 2.58. The van der Waals surface area contributed by atoms with Crippen LogP contribution in [-0.2, 0) is 11.3 Å². The van der Waals surface area contributed by atoms with Crippen molar-refractivity contribution >= 4 is 29.1 Å². The molecule has 0 aliphatic heterocycles. The number of benzene rings is 1. The number of likely N-dealkylation sites (N-methyl/N-ethyl adjacent to an activating group) is 1. The third-order valence-electron chi connectivity index (χ3n) is 5.15. The van der Waals surface area contributed by atoms with E-state index in [4.69, 9.17) is 27.9 Å². The first kappa shape index (κ1) is 28.4. The van der Waals surface area contributed by atoms with Gasteiger partial charge >= 0.3 is 5.69 Å². The summed E-state index contributed by atoms with van der Waals surface area (Å²) in [5.41, 5.74) is 0.551. The molecule has 9 nitrogen and oxygen atoms in total. The number of nitrogens with one attached hydrogen (secondary N) is 2. The van der Waals surface area contributed by atoms with E-state index in [2.05, 4.69) is 15.4 Å². The zero-order valence-electron chi connectivity index (χ0n) is 21.0. The average Bonchev–Trinajstić information content (AvgIpc) is 2.78. The number of hydrogen-bond donors (Lipinski definition) is 2. The summed E-state index contributed by atoms with van der Waals surface area (Å²) in [6.07, 6.45) is 2.36. The number of amides is 1.